The van der Waals surface area contributed by atoms with Crippen LogP contribution in [0.25, 0.3) is 10.4 Å². The fourth-order valence-corrected chi connectivity index (χ4v) is 2.67. The quantitative estimate of drug-likeness (QED) is 0.510. The summed E-state index contributed by atoms with van der Waals surface area (Å²) in [4.78, 5) is 21.8. The number of rotatable bonds is 4. The molecular formula is C13H11NO6S. The number of carbonyl (C=O) groups is 1. The third kappa shape index (κ3) is 2.79. The molecule has 1 aromatic carbocycles. The van der Waals surface area contributed by atoms with Crippen molar-refractivity contribution in [3.63, 3.8) is 0 Å². The first-order valence-corrected chi connectivity index (χ1v) is 6.74. The molecule has 0 atom stereocenters. The van der Waals surface area contributed by atoms with Gasteiger partial charge in [0.05, 0.1) is 16.4 Å². The molecule has 0 radical (unpaired) electrons. The van der Waals surface area contributed by atoms with Gasteiger partial charge in [0.15, 0.2) is 16.4 Å². The van der Waals surface area contributed by atoms with Crippen molar-refractivity contribution in [1.82, 2.24) is 0 Å². The SMILES string of the molecule is CCOC(=O)c1sc(-c2ccc([N+](=O)[O-])cc2)c(O)c1O. The van der Waals surface area contributed by atoms with Crippen molar-refractivity contribution in [1.29, 1.82) is 0 Å². The van der Waals surface area contributed by atoms with Crippen molar-refractivity contribution in [3.8, 4) is 21.9 Å². The highest BCUT2D eigenvalue weighted by molar-refractivity contribution is 7.18. The Bertz CT molecular complexity index is 691. The van der Waals surface area contributed by atoms with Crippen molar-refractivity contribution in [3.05, 3.63) is 39.3 Å². The largest absolute Gasteiger partial charge is 0.503 e. The predicted molar refractivity (Wildman–Crippen MR) is 75.7 cm³/mol. The Labute approximate surface area is 123 Å². The Morgan fingerprint density at radius 1 is 1.29 bits per heavy atom. The average molecular weight is 309 g/mol. The maximum Gasteiger partial charge on any atom is 0.352 e. The number of hydrogen-bond acceptors (Lipinski definition) is 7. The molecule has 0 aliphatic carbocycles. The van der Waals surface area contributed by atoms with E-state index in [1.54, 1.807) is 6.92 Å². The van der Waals surface area contributed by atoms with Crippen LogP contribution in [0.4, 0.5) is 5.69 Å². The normalized spacial score (nSPS) is 10.3. The third-order valence-electron chi connectivity index (χ3n) is 2.66. The smallest absolute Gasteiger partial charge is 0.352 e. The number of hydrogen-bond donors (Lipinski definition) is 2. The average Bonchev–Trinajstić information content (AvgIpc) is 2.76. The molecule has 0 aliphatic rings. The highest BCUT2D eigenvalue weighted by atomic mass is 32.1. The van der Waals surface area contributed by atoms with E-state index in [-0.39, 0.29) is 22.0 Å². The molecule has 8 heteroatoms. The van der Waals surface area contributed by atoms with E-state index in [1.807, 2.05) is 0 Å². The van der Waals surface area contributed by atoms with Crippen LogP contribution in [0.15, 0.2) is 24.3 Å². The van der Waals surface area contributed by atoms with Crippen LogP contribution in [0.1, 0.15) is 16.6 Å². The van der Waals surface area contributed by atoms with Crippen LogP contribution in [-0.2, 0) is 4.74 Å². The number of ether oxygens (including phenoxy) is 1. The predicted octanol–water partition coefficient (Wildman–Crippen LogP) is 2.91. The molecule has 7 nitrogen and oxygen atoms in total. The van der Waals surface area contributed by atoms with Crippen LogP contribution in [0.3, 0.4) is 0 Å². The summed E-state index contributed by atoms with van der Waals surface area (Å²) < 4.78 is 4.77. The molecule has 21 heavy (non-hydrogen) atoms. The van der Waals surface area contributed by atoms with Crippen molar-refractivity contribution in [2.75, 3.05) is 6.61 Å². The molecule has 0 spiro atoms. The first-order valence-electron chi connectivity index (χ1n) is 5.92. The summed E-state index contributed by atoms with van der Waals surface area (Å²) in [7, 11) is 0. The summed E-state index contributed by atoms with van der Waals surface area (Å²) in [6, 6.07) is 5.40. The molecule has 0 saturated carbocycles. The summed E-state index contributed by atoms with van der Waals surface area (Å²) in [5.41, 5.74) is 0.360. The molecule has 0 saturated heterocycles. The minimum absolute atomic E-state index is 0.0929. The third-order valence-corrected chi connectivity index (χ3v) is 3.86. The number of benzene rings is 1. The van der Waals surface area contributed by atoms with Gasteiger partial charge < -0.3 is 14.9 Å². The number of nitrogens with zero attached hydrogens (tertiary/aromatic N) is 1. The minimum Gasteiger partial charge on any atom is -0.503 e. The first-order chi connectivity index (χ1) is 9.95. The Hall–Kier alpha value is -2.61. The van der Waals surface area contributed by atoms with E-state index in [1.165, 1.54) is 24.3 Å². The van der Waals surface area contributed by atoms with Gasteiger partial charge in [-0.15, -0.1) is 11.3 Å². The van der Waals surface area contributed by atoms with E-state index < -0.39 is 22.4 Å². The highest BCUT2D eigenvalue weighted by Crippen LogP contribution is 2.46. The topological polar surface area (TPSA) is 110 Å². The summed E-state index contributed by atoms with van der Waals surface area (Å²) in [6.45, 7) is 1.77. The van der Waals surface area contributed by atoms with Crippen molar-refractivity contribution in [2.24, 2.45) is 0 Å². The zero-order chi connectivity index (χ0) is 15.6. The molecule has 110 valence electrons. The van der Waals surface area contributed by atoms with Gasteiger partial charge in [-0.25, -0.2) is 4.79 Å². The molecule has 0 fully saturated rings. The fourth-order valence-electron chi connectivity index (χ4n) is 1.68. The van der Waals surface area contributed by atoms with Crippen LogP contribution < -0.4 is 0 Å². The second kappa shape index (κ2) is 5.80. The van der Waals surface area contributed by atoms with E-state index in [9.17, 15) is 25.1 Å². The van der Waals surface area contributed by atoms with Gasteiger partial charge in [0.1, 0.15) is 0 Å². The van der Waals surface area contributed by atoms with E-state index in [4.69, 9.17) is 4.74 Å². The number of aromatic hydroxyl groups is 2. The standard InChI is InChI=1S/C13H11NO6S/c1-2-20-13(17)12-10(16)9(15)11(21-12)7-3-5-8(6-4-7)14(18)19/h3-6,15-16H,2H2,1H3. The van der Waals surface area contributed by atoms with Crippen LogP contribution in [0, 0.1) is 10.1 Å². The van der Waals surface area contributed by atoms with E-state index >= 15 is 0 Å². The van der Waals surface area contributed by atoms with E-state index in [0.717, 1.165) is 11.3 Å². The number of nitro benzene ring substituents is 1. The van der Waals surface area contributed by atoms with Crippen LogP contribution in [0.2, 0.25) is 0 Å². The summed E-state index contributed by atoms with van der Waals surface area (Å²) in [6.07, 6.45) is 0. The summed E-state index contributed by atoms with van der Waals surface area (Å²) in [5.74, 6) is -1.73. The van der Waals surface area contributed by atoms with Gasteiger partial charge in [-0.1, -0.05) is 0 Å². The second-order valence-electron chi connectivity index (χ2n) is 3.98. The lowest BCUT2D eigenvalue weighted by atomic mass is 10.1. The molecule has 0 bridgehead atoms. The monoisotopic (exact) mass is 309 g/mol. The Morgan fingerprint density at radius 3 is 2.43 bits per heavy atom. The van der Waals surface area contributed by atoms with Crippen LogP contribution >= 0.6 is 11.3 Å². The van der Waals surface area contributed by atoms with Crippen molar-refractivity contribution >= 4 is 23.0 Å². The number of non-ortho nitro benzene ring substituents is 1. The lowest BCUT2D eigenvalue weighted by molar-refractivity contribution is -0.384. The lowest BCUT2D eigenvalue weighted by Crippen LogP contribution is -2.01. The van der Waals surface area contributed by atoms with Gasteiger partial charge in [0.2, 0.25) is 0 Å². The number of thiophene rings is 1. The molecule has 2 aromatic rings. The van der Waals surface area contributed by atoms with E-state index in [0.29, 0.717) is 5.56 Å². The van der Waals surface area contributed by atoms with Gasteiger partial charge in [0.25, 0.3) is 5.69 Å². The van der Waals surface area contributed by atoms with Crippen LogP contribution in [-0.4, -0.2) is 27.7 Å². The van der Waals surface area contributed by atoms with Gasteiger partial charge in [0, 0.05) is 12.1 Å². The molecule has 0 amide bonds. The molecular weight excluding hydrogens is 298 g/mol. The number of carbonyl (C=O) groups excluding carboxylic acids is 1. The molecule has 2 N–H and O–H groups in total. The lowest BCUT2D eigenvalue weighted by Gasteiger charge is -1.98. The fraction of sp³-hybridized carbons (Fsp3) is 0.154. The number of esters is 1. The Kier molecular flexibility index (Phi) is 4.08. The van der Waals surface area contributed by atoms with Gasteiger partial charge in [-0.05, 0) is 24.6 Å². The summed E-state index contributed by atoms with van der Waals surface area (Å²) in [5, 5.41) is 30.2. The van der Waals surface area contributed by atoms with Crippen molar-refractivity contribution < 1.29 is 24.7 Å². The minimum atomic E-state index is -0.733. The van der Waals surface area contributed by atoms with E-state index in [2.05, 4.69) is 0 Å². The zero-order valence-corrected chi connectivity index (χ0v) is 11.7. The molecule has 1 heterocycles. The molecule has 1 aromatic heterocycles. The number of nitro groups is 1. The summed E-state index contributed by atoms with van der Waals surface area (Å²) >= 11 is 0.857. The van der Waals surface area contributed by atoms with Gasteiger partial charge in [-0.2, -0.15) is 0 Å². The van der Waals surface area contributed by atoms with Crippen LogP contribution in [0.5, 0.6) is 11.5 Å². The second-order valence-corrected chi connectivity index (χ2v) is 5.00. The Morgan fingerprint density at radius 2 is 1.90 bits per heavy atom. The molecule has 0 aliphatic heterocycles. The maximum atomic E-state index is 11.6. The zero-order valence-electron chi connectivity index (χ0n) is 10.9. The van der Waals surface area contributed by atoms with Gasteiger partial charge >= 0.3 is 5.97 Å². The maximum absolute atomic E-state index is 11.6. The van der Waals surface area contributed by atoms with Gasteiger partial charge in [-0.3, -0.25) is 10.1 Å². The van der Waals surface area contributed by atoms with Crippen molar-refractivity contribution in [2.45, 2.75) is 6.92 Å². The molecule has 0 unspecified atom stereocenters. The Balaban J connectivity index is 2.42. The highest BCUT2D eigenvalue weighted by Gasteiger charge is 2.24. The first kappa shape index (κ1) is 14.8. The molecule has 2 rings (SSSR count).